The van der Waals surface area contributed by atoms with Gasteiger partial charge in [-0.3, -0.25) is 14.9 Å². The van der Waals surface area contributed by atoms with E-state index < -0.39 is 11.5 Å². The van der Waals surface area contributed by atoms with E-state index in [1.54, 1.807) is 30.3 Å². The molecule has 0 aliphatic carbocycles. The summed E-state index contributed by atoms with van der Waals surface area (Å²) in [6.07, 6.45) is 0.494. The molecule has 3 atom stereocenters. The number of hydrogen-bond donors (Lipinski definition) is 3. The van der Waals surface area contributed by atoms with Crippen LogP contribution in [0, 0.1) is 5.92 Å². The molecule has 0 unspecified atom stereocenters. The van der Waals surface area contributed by atoms with Crippen LogP contribution in [0.2, 0.25) is 10.0 Å². The van der Waals surface area contributed by atoms with E-state index in [9.17, 15) is 9.59 Å². The number of benzene rings is 2. The molecule has 8 heteroatoms. The summed E-state index contributed by atoms with van der Waals surface area (Å²) in [5, 5.41) is 9.97. The standard InChI is InChI=1S/C20H19Cl2N3O3/c1-10-8-13(18(26)23-15-9-11(21)6-7-16(15)28-2)20(25-10)12-4-3-5-14(22)17(12)24-19(20)27/h3-7,9-10,13,25H,8H2,1-2H3,(H,23,26)(H,24,27)/t10-,13+,20-/m0/s1. The monoisotopic (exact) mass is 419 g/mol. The molecule has 0 radical (unpaired) electrons. The molecule has 2 aromatic carbocycles. The van der Waals surface area contributed by atoms with Crippen LogP contribution in [0.3, 0.4) is 0 Å². The number of nitrogens with one attached hydrogen (secondary N) is 3. The van der Waals surface area contributed by atoms with E-state index in [-0.39, 0.29) is 17.9 Å². The Labute approximate surface area is 172 Å². The average Bonchev–Trinajstić information content (AvgIpc) is 3.15. The summed E-state index contributed by atoms with van der Waals surface area (Å²) in [7, 11) is 1.52. The molecule has 1 fully saturated rings. The highest BCUT2D eigenvalue weighted by molar-refractivity contribution is 6.35. The summed E-state index contributed by atoms with van der Waals surface area (Å²) in [5.41, 5.74) is 0.524. The van der Waals surface area contributed by atoms with Crippen LogP contribution in [0.4, 0.5) is 11.4 Å². The van der Waals surface area contributed by atoms with Crippen molar-refractivity contribution in [3.8, 4) is 5.75 Å². The highest BCUT2D eigenvalue weighted by atomic mass is 35.5. The third-order valence-electron chi connectivity index (χ3n) is 5.36. The number of fused-ring (bicyclic) bond motifs is 2. The third-order valence-corrected chi connectivity index (χ3v) is 5.91. The van der Waals surface area contributed by atoms with Crippen LogP contribution in [0.5, 0.6) is 5.75 Å². The van der Waals surface area contributed by atoms with Gasteiger partial charge in [0, 0.05) is 16.6 Å². The van der Waals surface area contributed by atoms with Crippen molar-refractivity contribution in [2.45, 2.75) is 24.9 Å². The van der Waals surface area contributed by atoms with Crippen LogP contribution < -0.4 is 20.7 Å². The minimum absolute atomic E-state index is 0.0345. The average molecular weight is 420 g/mol. The molecule has 1 saturated heterocycles. The minimum atomic E-state index is -1.17. The van der Waals surface area contributed by atoms with Gasteiger partial charge in [0.15, 0.2) is 0 Å². The Morgan fingerprint density at radius 2 is 2.07 bits per heavy atom. The minimum Gasteiger partial charge on any atom is -0.495 e. The van der Waals surface area contributed by atoms with Gasteiger partial charge in [0.25, 0.3) is 0 Å². The molecule has 2 aliphatic rings. The van der Waals surface area contributed by atoms with Crippen LogP contribution in [0.1, 0.15) is 18.9 Å². The zero-order valence-corrected chi connectivity index (χ0v) is 16.8. The number of carbonyl (C=O) groups is 2. The van der Waals surface area contributed by atoms with Gasteiger partial charge in [0.1, 0.15) is 11.3 Å². The highest BCUT2D eigenvalue weighted by Crippen LogP contribution is 2.49. The zero-order chi connectivity index (χ0) is 20.1. The number of methoxy groups -OCH3 is 1. The molecule has 0 aromatic heterocycles. The normalized spacial score (nSPS) is 25.5. The molecule has 2 aliphatic heterocycles. The predicted octanol–water partition coefficient (Wildman–Crippen LogP) is 3.79. The largest absolute Gasteiger partial charge is 0.495 e. The maximum atomic E-state index is 13.3. The molecule has 0 saturated carbocycles. The summed E-state index contributed by atoms with van der Waals surface area (Å²) >= 11 is 12.3. The van der Waals surface area contributed by atoms with Gasteiger partial charge in [-0.25, -0.2) is 0 Å². The topological polar surface area (TPSA) is 79.5 Å². The molecule has 2 heterocycles. The number of anilines is 2. The number of ether oxygens (including phenoxy) is 1. The van der Waals surface area contributed by atoms with E-state index in [0.29, 0.717) is 39.2 Å². The summed E-state index contributed by atoms with van der Waals surface area (Å²) in [6, 6.07) is 10.3. The van der Waals surface area contributed by atoms with E-state index in [0.717, 1.165) is 0 Å². The van der Waals surface area contributed by atoms with Crippen molar-refractivity contribution in [1.29, 1.82) is 0 Å². The van der Waals surface area contributed by atoms with Crippen LogP contribution >= 0.6 is 23.2 Å². The highest BCUT2D eigenvalue weighted by Gasteiger charge is 2.59. The molecule has 146 valence electrons. The van der Waals surface area contributed by atoms with Gasteiger partial charge in [0.2, 0.25) is 11.8 Å². The second-order valence-electron chi connectivity index (χ2n) is 7.09. The molecule has 3 N–H and O–H groups in total. The van der Waals surface area contributed by atoms with Gasteiger partial charge in [-0.05, 0) is 37.6 Å². The van der Waals surface area contributed by atoms with Gasteiger partial charge >= 0.3 is 0 Å². The summed E-state index contributed by atoms with van der Waals surface area (Å²) in [5.74, 6) is -0.713. The number of halogens is 2. The molecule has 28 heavy (non-hydrogen) atoms. The lowest BCUT2D eigenvalue weighted by molar-refractivity contribution is -0.130. The number of rotatable bonds is 3. The molecule has 4 rings (SSSR count). The Kier molecular flexibility index (Phi) is 4.73. The van der Waals surface area contributed by atoms with E-state index in [1.165, 1.54) is 7.11 Å². The molecule has 2 aromatic rings. The molecule has 6 nitrogen and oxygen atoms in total. The van der Waals surface area contributed by atoms with Crippen molar-refractivity contribution in [2.75, 3.05) is 17.7 Å². The zero-order valence-electron chi connectivity index (χ0n) is 15.3. The second kappa shape index (κ2) is 6.95. The number of para-hydroxylation sites is 1. The number of amides is 2. The Hall–Kier alpha value is -2.28. The summed E-state index contributed by atoms with van der Waals surface area (Å²) in [6.45, 7) is 1.95. The smallest absolute Gasteiger partial charge is 0.250 e. The second-order valence-corrected chi connectivity index (χ2v) is 7.94. The first-order valence-corrected chi connectivity index (χ1v) is 9.65. The van der Waals surface area contributed by atoms with Crippen LogP contribution in [-0.4, -0.2) is 25.0 Å². The van der Waals surface area contributed by atoms with Crippen molar-refractivity contribution >= 4 is 46.4 Å². The fraction of sp³-hybridized carbons (Fsp3) is 0.300. The van der Waals surface area contributed by atoms with E-state index in [1.807, 2.05) is 13.0 Å². The van der Waals surface area contributed by atoms with E-state index >= 15 is 0 Å². The van der Waals surface area contributed by atoms with Gasteiger partial charge in [0.05, 0.1) is 29.4 Å². The maximum Gasteiger partial charge on any atom is 0.250 e. The van der Waals surface area contributed by atoms with E-state index in [2.05, 4.69) is 16.0 Å². The van der Waals surface area contributed by atoms with Crippen molar-refractivity contribution in [3.05, 3.63) is 52.0 Å². The first kappa shape index (κ1) is 19.1. The first-order chi connectivity index (χ1) is 13.4. The fourth-order valence-electron chi connectivity index (χ4n) is 4.18. The first-order valence-electron chi connectivity index (χ1n) is 8.89. The maximum absolute atomic E-state index is 13.3. The SMILES string of the molecule is COc1ccc(Cl)cc1NC(=O)[C@H]1C[C@H](C)N[C@]12C(=O)Nc1c(Cl)cccc12. The Morgan fingerprint density at radius 3 is 2.82 bits per heavy atom. The van der Waals surface area contributed by atoms with Gasteiger partial charge in [-0.2, -0.15) is 0 Å². The Bertz CT molecular complexity index is 981. The van der Waals surface area contributed by atoms with Crippen molar-refractivity contribution < 1.29 is 14.3 Å². The third kappa shape index (κ3) is 2.83. The molecular weight excluding hydrogens is 401 g/mol. The lowest BCUT2D eigenvalue weighted by atomic mass is 9.79. The molecule has 0 bridgehead atoms. The lowest BCUT2D eigenvalue weighted by Gasteiger charge is -2.29. The Balaban J connectivity index is 1.74. The summed E-state index contributed by atoms with van der Waals surface area (Å²) < 4.78 is 5.31. The lowest BCUT2D eigenvalue weighted by Crippen LogP contribution is -2.52. The van der Waals surface area contributed by atoms with Crippen molar-refractivity contribution in [3.63, 3.8) is 0 Å². The van der Waals surface area contributed by atoms with Gasteiger partial charge in [-0.15, -0.1) is 0 Å². The van der Waals surface area contributed by atoms with Crippen molar-refractivity contribution in [2.24, 2.45) is 5.92 Å². The predicted molar refractivity (Wildman–Crippen MR) is 109 cm³/mol. The molecule has 1 spiro atoms. The Morgan fingerprint density at radius 1 is 1.29 bits per heavy atom. The number of carbonyl (C=O) groups excluding carboxylic acids is 2. The molecule has 2 amide bonds. The van der Waals surface area contributed by atoms with Gasteiger partial charge in [-0.1, -0.05) is 35.3 Å². The van der Waals surface area contributed by atoms with Crippen molar-refractivity contribution in [1.82, 2.24) is 5.32 Å². The quantitative estimate of drug-likeness (QED) is 0.706. The molecular formula is C20H19Cl2N3O3. The van der Waals surface area contributed by atoms with Crippen LogP contribution in [0.15, 0.2) is 36.4 Å². The number of hydrogen-bond acceptors (Lipinski definition) is 4. The van der Waals surface area contributed by atoms with E-state index in [4.69, 9.17) is 27.9 Å². The van der Waals surface area contributed by atoms with Gasteiger partial charge < -0.3 is 15.4 Å². The van der Waals surface area contributed by atoms with Crippen LogP contribution in [0.25, 0.3) is 0 Å². The summed E-state index contributed by atoms with van der Waals surface area (Å²) in [4.78, 5) is 26.3. The van der Waals surface area contributed by atoms with Crippen LogP contribution in [-0.2, 0) is 15.1 Å². The fourth-order valence-corrected chi connectivity index (χ4v) is 4.58.